The summed E-state index contributed by atoms with van der Waals surface area (Å²) in [7, 11) is 1.87. The quantitative estimate of drug-likeness (QED) is 0.656. The fourth-order valence-corrected chi connectivity index (χ4v) is 1.99. The number of hydrogen-bond donors (Lipinski definition) is 2. The highest BCUT2D eigenvalue weighted by molar-refractivity contribution is 5.94. The molecule has 0 saturated heterocycles. The molecular weight excluding hydrogens is 270 g/mol. The summed E-state index contributed by atoms with van der Waals surface area (Å²) in [6, 6.07) is 3.15. The molecule has 0 aliphatic heterocycles. The Balaban J connectivity index is 2.03. The molecule has 0 saturated carbocycles. The number of pyridine rings is 1. The first-order chi connectivity index (χ1) is 10.0. The van der Waals surface area contributed by atoms with Crippen molar-refractivity contribution in [2.45, 2.75) is 20.4 Å². The van der Waals surface area contributed by atoms with Crippen LogP contribution in [0.4, 0.5) is 5.82 Å². The maximum atomic E-state index is 12.0. The molecule has 0 aromatic carbocycles. The van der Waals surface area contributed by atoms with Gasteiger partial charge in [-0.3, -0.25) is 9.48 Å². The van der Waals surface area contributed by atoms with Crippen LogP contribution in [-0.4, -0.2) is 20.7 Å². The Morgan fingerprint density at radius 3 is 2.71 bits per heavy atom. The van der Waals surface area contributed by atoms with E-state index in [9.17, 15) is 4.79 Å². The largest absolute Gasteiger partial charge is 0.348 e. The van der Waals surface area contributed by atoms with Crippen molar-refractivity contribution in [1.29, 1.82) is 5.39 Å². The van der Waals surface area contributed by atoms with Crippen molar-refractivity contribution in [3.63, 3.8) is 0 Å². The van der Waals surface area contributed by atoms with Crippen molar-refractivity contribution in [3.8, 4) is 0 Å². The molecule has 2 aromatic heterocycles. The second-order valence-electron chi connectivity index (χ2n) is 4.60. The molecule has 2 aromatic rings. The van der Waals surface area contributed by atoms with Crippen molar-refractivity contribution in [2.75, 3.05) is 5.43 Å². The molecule has 0 unspecified atom stereocenters. The number of aryl methyl sites for hydroxylation is 2. The van der Waals surface area contributed by atoms with Crippen molar-refractivity contribution < 1.29 is 4.79 Å². The number of amides is 1. The Kier molecular flexibility index (Phi) is 4.13. The Bertz CT molecular complexity index is 697. The van der Waals surface area contributed by atoms with E-state index in [-0.39, 0.29) is 5.91 Å². The zero-order valence-corrected chi connectivity index (χ0v) is 12.1. The fourth-order valence-electron chi connectivity index (χ4n) is 1.99. The van der Waals surface area contributed by atoms with Gasteiger partial charge in [0.2, 0.25) is 5.82 Å². The SMILES string of the molecule is Cc1nn(C)c(C)c1CNC(=O)c1ccc(N[N+]#N)nc1. The summed E-state index contributed by atoms with van der Waals surface area (Å²) in [6.07, 6.45) is 1.41. The van der Waals surface area contributed by atoms with Gasteiger partial charge in [-0.15, -0.1) is 0 Å². The predicted molar refractivity (Wildman–Crippen MR) is 76.8 cm³/mol. The summed E-state index contributed by atoms with van der Waals surface area (Å²) in [5.74, 6) is 0.130. The monoisotopic (exact) mass is 286 g/mol. The van der Waals surface area contributed by atoms with Crippen LogP contribution in [0.3, 0.4) is 0 Å². The summed E-state index contributed by atoms with van der Waals surface area (Å²) in [5.41, 5.74) is 5.64. The molecule has 2 heterocycles. The molecule has 0 aliphatic carbocycles. The van der Waals surface area contributed by atoms with Gasteiger partial charge < -0.3 is 5.32 Å². The standard InChI is InChI=1S/C13H15N7O/c1-8-11(9(2)20(3)18-8)7-16-13(21)10-4-5-12(15-6-10)17-19-14/h4-6H,7H2,1-3H3,(H-,15,16,17,21)/p+1. The molecule has 8 heteroatoms. The van der Waals surface area contributed by atoms with E-state index >= 15 is 0 Å². The molecule has 0 fully saturated rings. The molecule has 21 heavy (non-hydrogen) atoms. The lowest BCUT2D eigenvalue weighted by Crippen LogP contribution is -2.23. The van der Waals surface area contributed by atoms with Gasteiger partial charge in [-0.2, -0.15) is 5.10 Å². The third-order valence-electron chi connectivity index (χ3n) is 3.27. The van der Waals surface area contributed by atoms with E-state index in [1.165, 1.54) is 6.20 Å². The first kappa shape index (κ1) is 14.5. The van der Waals surface area contributed by atoms with E-state index in [1.54, 1.807) is 16.8 Å². The Morgan fingerprint density at radius 1 is 1.43 bits per heavy atom. The van der Waals surface area contributed by atoms with E-state index in [0.29, 0.717) is 17.9 Å². The van der Waals surface area contributed by atoms with E-state index in [2.05, 4.69) is 25.9 Å². The average Bonchev–Trinajstić information content (AvgIpc) is 2.71. The van der Waals surface area contributed by atoms with Gasteiger partial charge in [0.25, 0.3) is 11.3 Å². The second-order valence-corrected chi connectivity index (χ2v) is 4.60. The number of hydrogen-bond acceptors (Lipinski definition) is 5. The van der Waals surface area contributed by atoms with Crippen LogP contribution >= 0.6 is 0 Å². The smallest absolute Gasteiger partial charge is 0.309 e. The lowest BCUT2D eigenvalue weighted by molar-refractivity contribution is 0.0950. The zero-order valence-electron chi connectivity index (χ0n) is 12.1. The Hall–Kier alpha value is -2.95. The number of carbonyl (C=O) groups excluding carboxylic acids is 1. The Labute approximate surface area is 121 Å². The van der Waals surface area contributed by atoms with Gasteiger partial charge in [-0.1, -0.05) is 0 Å². The van der Waals surface area contributed by atoms with Gasteiger partial charge in [0, 0.05) is 36.5 Å². The first-order valence-corrected chi connectivity index (χ1v) is 6.36. The van der Waals surface area contributed by atoms with Gasteiger partial charge in [0.05, 0.1) is 11.3 Å². The minimum Gasteiger partial charge on any atom is -0.348 e. The maximum Gasteiger partial charge on any atom is 0.309 e. The minimum absolute atomic E-state index is 0.224. The van der Waals surface area contributed by atoms with Crippen molar-refractivity contribution in [2.24, 2.45) is 7.05 Å². The molecule has 0 atom stereocenters. The van der Waals surface area contributed by atoms with Gasteiger partial charge in [0.15, 0.2) is 0 Å². The predicted octanol–water partition coefficient (Wildman–Crippen LogP) is 1.54. The number of nitrogens with one attached hydrogen (secondary N) is 2. The molecule has 0 spiro atoms. The van der Waals surface area contributed by atoms with Crippen LogP contribution in [0, 0.1) is 19.2 Å². The molecule has 8 nitrogen and oxygen atoms in total. The fraction of sp³-hybridized carbons (Fsp3) is 0.308. The van der Waals surface area contributed by atoms with Crippen LogP contribution in [0.2, 0.25) is 0 Å². The normalized spacial score (nSPS) is 10.0. The Morgan fingerprint density at radius 2 is 2.19 bits per heavy atom. The highest BCUT2D eigenvalue weighted by Crippen LogP contribution is 2.12. The third kappa shape index (κ3) is 3.14. The third-order valence-corrected chi connectivity index (χ3v) is 3.27. The number of aromatic nitrogens is 3. The highest BCUT2D eigenvalue weighted by atomic mass is 16.1. The number of anilines is 1. The van der Waals surface area contributed by atoms with E-state index < -0.39 is 0 Å². The summed E-state index contributed by atoms with van der Waals surface area (Å²) >= 11 is 0. The summed E-state index contributed by atoms with van der Waals surface area (Å²) in [4.78, 5) is 16.0. The van der Waals surface area contributed by atoms with E-state index in [0.717, 1.165) is 17.0 Å². The van der Waals surface area contributed by atoms with Crippen LogP contribution in [0.25, 0.3) is 5.08 Å². The van der Waals surface area contributed by atoms with Crippen LogP contribution in [-0.2, 0) is 13.6 Å². The number of carbonyl (C=O) groups is 1. The van der Waals surface area contributed by atoms with Crippen molar-refractivity contribution in [1.82, 2.24) is 20.1 Å². The average molecular weight is 286 g/mol. The second kappa shape index (κ2) is 6.00. The molecular formula is C13H16N7O+. The maximum absolute atomic E-state index is 12.0. The highest BCUT2D eigenvalue weighted by Gasteiger charge is 2.12. The van der Waals surface area contributed by atoms with Gasteiger partial charge >= 0.3 is 5.08 Å². The van der Waals surface area contributed by atoms with Gasteiger partial charge in [-0.25, -0.2) is 4.98 Å². The van der Waals surface area contributed by atoms with E-state index in [4.69, 9.17) is 5.39 Å². The molecule has 0 radical (unpaired) electrons. The molecule has 2 N–H and O–H groups in total. The molecule has 1 amide bonds. The van der Waals surface area contributed by atoms with Crippen LogP contribution in [0.15, 0.2) is 18.3 Å². The minimum atomic E-state index is -0.224. The topological polar surface area (TPSA) is 100.0 Å². The van der Waals surface area contributed by atoms with Gasteiger partial charge in [-0.05, 0) is 26.0 Å². The van der Waals surface area contributed by atoms with Gasteiger partial charge in [0.1, 0.15) is 0 Å². The molecule has 0 bridgehead atoms. The van der Waals surface area contributed by atoms with Crippen LogP contribution in [0.1, 0.15) is 27.3 Å². The van der Waals surface area contributed by atoms with Crippen molar-refractivity contribution in [3.05, 3.63) is 45.9 Å². The number of diazo groups is 1. The van der Waals surface area contributed by atoms with Crippen LogP contribution < -0.4 is 10.7 Å². The van der Waals surface area contributed by atoms with Crippen LogP contribution in [0.5, 0.6) is 0 Å². The lowest BCUT2D eigenvalue weighted by Gasteiger charge is -2.05. The summed E-state index contributed by atoms with van der Waals surface area (Å²) in [6.45, 7) is 4.28. The van der Waals surface area contributed by atoms with Crippen molar-refractivity contribution >= 4 is 11.7 Å². The number of nitrogens with zero attached hydrogens (tertiary/aromatic N) is 5. The summed E-state index contributed by atoms with van der Waals surface area (Å²) in [5, 5.41) is 18.2. The zero-order chi connectivity index (χ0) is 15.4. The molecule has 108 valence electrons. The molecule has 0 aliphatic rings. The molecule has 2 rings (SSSR count). The van der Waals surface area contributed by atoms with E-state index in [1.807, 2.05) is 20.9 Å². The first-order valence-electron chi connectivity index (χ1n) is 6.36. The number of rotatable bonds is 4. The lowest BCUT2D eigenvalue weighted by atomic mass is 10.2. The summed E-state index contributed by atoms with van der Waals surface area (Å²) < 4.78 is 1.79.